The van der Waals surface area contributed by atoms with Crippen molar-refractivity contribution in [3.8, 4) is 22.9 Å². The molecular weight excluding hydrogens is 312 g/mol. The number of pyridine rings is 1. The van der Waals surface area contributed by atoms with E-state index in [1.807, 2.05) is 36.4 Å². The van der Waals surface area contributed by atoms with Crippen LogP contribution in [0.15, 0.2) is 60.8 Å². The number of nitrogens with zero attached hydrogens (tertiary/aromatic N) is 2. The summed E-state index contributed by atoms with van der Waals surface area (Å²) < 4.78 is 5.45. The maximum Gasteiger partial charge on any atom is 0.142 e. The third-order valence-corrected chi connectivity index (χ3v) is 3.96. The van der Waals surface area contributed by atoms with Crippen LogP contribution in [0, 0.1) is 11.3 Å². The third kappa shape index (κ3) is 3.38. The number of hydrogen-bond acceptors (Lipinski definition) is 5. The lowest BCUT2D eigenvalue weighted by atomic mass is 10.0. The van der Waals surface area contributed by atoms with E-state index < -0.39 is 0 Å². The summed E-state index contributed by atoms with van der Waals surface area (Å²) >= 11 is 0. The second-order valence-electron chi connectivity index (χ2n) is 5.62. The molecule has 0 saturated heterocycles. The molecule has 0 atom stereocenters. The van der Waals surface area contributed by atoms with E-state index >= 15 is 0 Å². The number of rotatable bonds is 5. The number of nitrogens with two attached hydrogens (primary N) is 1. The number of nitrogen functional groups attached to an aromatic ring is 1. The van der Waals surface area contributed by atoms with E-state index in [9.17, 15) is 0 Å². The molecule has 0 fully saturated rings. The molecule has 5 heteroatoms. The molecule has 0 unspecified atom stereocenters. The van der Waals surface area contributed by atoms with Crippen molar-refractivity contribution >= 4 is 22.3 Å². The van der Waals surface area contributed by atoms with Gasteiger partial charge in [-0.05, 0) is 35.2 Å². The lowest BCUT2D eigenvalue weighted by Gasteiger charge is -2.14. The van der Waals surface area contributed by atoms with Crippen molar-refractivity contribution in [2.75, 3.05) is 24.7 Å². The third-order valence-electron chi connectivity index (χ3n) is 3.96. The molecule has 0 bridgehead atoms. The number of hydrogen-bond donors (Lipinski definition) is 2. The molecule has 25 heavy (non-hydrogen) atoms. The summed E-state index contributed by atoms with van der Waals surface area (Å²) in [6, 6.07) is 15.8. The van der Waals surface area contributed by atoms with Gasteiger partial charge in [-0.25, -0.2) is 4.98 Å². The molecule has 124 valence electrons. The number of nitriles is 1. The summed E-state index contributed by atoms with van der Waals surface area (Å²) in [6.07, 6.45) is 1.76. The standard InChI is InChI=1S/C20H18N4O/c1-13(10-21)11-24-20-17-6-3-14(16-5-8-19(22)23-12-16)9-15(17)4-7-18(20)25-2/h3-9,12,24H,1,11H2,2H3,(H2,22,23). The lowest BCUT2D eigenvalue weighted by Crippen LogP contribution is -2.05. The minimum atomic E-state index is 0.371. The van der Waals surface area contributed by atoms with Crippen LogP contribution in [-0.2, 0) is 0 Å². The zero-order chi connectivity index (χ0) is 17.8. The maximum absolute atomic E-state index is 8.90. The topological polar surface area (TPSA) is 84.0 Å². The summed E-state index contributed by atoms with van der Waals surface area (Å²) in [6.45, 7) is 4.07. The number of fused-ring (bicyclic) bond motifs is 1. The van der Waals surface area contributed by atoms with Crippen LogP contribution in [0.3, 0.4) is 0 Å². The van der Waals surface area contributed by atoms with Gasteiger partial charge in [-0.2, -0.15) is 5.26 Å². The van der Waals surface area contributed by atoms with E-state index in [4.69, 9.17) is 15.7 Å². The fraction of sp³-hybridized carbons (Fsp3) is 0.100. The van der Waals surface area contributed by atoms with Gasteiger partial charge in [0.25, 0.3) is 0 Å². The molecule has 0 aliphatic rings. The first kappa shape index (κ1) is 16.3. The highest BCUT2D eigenvalue weighted by Crippen LogP contribution is 2.35. The molecule has 2 aromatic carbocycles. The average molecular weight is 330 g/mol. The van der Waals surface area contributed by atoms with E-state index in [0.29, 0.717) is 17.9 Å². The Morgan fingerprint density at radius 1 is 1.24 bits per heavy atom. The first-order valence-electron chi connectivity index (χ1n) is 7.77. The highest BCUT2D eigenvalue weighted by Gasteiger charge is 2.10. The minimum Gasteiger partial charge on any atom is -0.495 e. The van der Waals surface area contributed by atoms with Gasteiger partial charge in [0, 0.05) is 29.3 Å². The Bertz CT molecular complexity index is 971. The second kappa shape index (κ2) is 6.93. The van der Waals surface area contributed by atoms with E-state index in [1.54, 1.807) is 19.4 Å². The van der Waals surface area contributed by atoms with E-state index in [0.717, 1.165) is 33.3 Å². The van der Waals surface area contributed by atoms with Gasteiger partial charge in [0.05, 0.1) is 18.9 Å². The summed E-state index contributed by atoms with van der Waals surface area (Å²) in [7, 11) is 1.62. The van der Waals surface area contributed by atoms with Crippen molar-refractivity contribution in [3.05, 3.63) is 60.8 Å². The SMILES string of the molecule is C=C(C#N)CNc1c(OC)ccc2cc(-c3ccc(N)nc3)ccc12. The second-order valence-corrected chi connectivity index (χ2v) is 5.62. The number of aromatic nitrogens is 1. The first-order valence-corrected chi connectivity index (χ1v) is 7.77. The quantitative estimate of drug-likeness (QED) is 0.691. The molecule has 0 amide bonds. The minimum absolute atomic E-state index is 0.371. The summed E-state index contributed by atoms with van der Waals surface area (Å²) in [5.41, 5.74) is 9.01. The maximum atomic E-state index is 8.90. The van der Waals surface area contributed by atoms with Gasteiger partial charge in [0.2, 0.25) is 0 Å². The van der Waals surface area contributed by atoms with E-state index in [2.05, 4.69) is 22.9 Å². The van der Waals surface area contributed by atoms with Gasteiger partial charge in [0.1, 0.15) is 11.6 Å². The fourth-order valence-electron chi connectivity index (χ4n) is 2.65. The van der Waals surface area contributed by atoms with Gasteiger partial charge in [-0.1, -0.05) is 24.8 Å². The number of ether oxygens (including phenoxy) is 1. The van der Waals surface area contributed by atoms with Gasteiger partial charge in [-0.15, -0.1) is 0 Å². The molecular formula is C20H18N4O. The number of nitrogens with one attached hydrogen (secondary N) is 1. The highest BCUT2D eigenvalue weighted by molar-refractivity contribution is 5.99. The molecule has 0 aliphatic carbocycles. The fourth-order valence-corrected chi connectivity index (χ4v) is 2.65. The molecule has 1 aromatic heterocycles. The van der Waals surface area contributed by atoms with Gasteiger partial charge < -0.3 is 15.8 Å². The number of methoxy groups -OCH3 is 1. The van der Waals surface area contributed by atoms with Crippen molar-refractivity contribution in [1.82, 2.24) is 4.98 Å². The molecule has 0 aliphatic heterocycles. The zero-order valence-corrected chi connectivity index (χ0v) is 13.9. The van der Waals surface area contributed by atoms with Crippen LogP contribution >= 0.6 is 0 Å². The van der Waals surface area contributed by atoms with Gasteiger partial charge in [-0.3, -0.25) is 0 Å². The summed E-state index contributed by atoms with van der Waals surface area (Å²) in [5.74, 6) is 1.22. The van der Waals surface area contributed by atoms with Crippen molar-refractivity contribution in [2.45, 2.75) is 0 Å². The van der Waals surface area contributed by atoms with Crippen LogP contribution in [0.2, 0.25) is 0 Å². The molecule has 3 N–H and O–H groups in total. The molecule has 1 heterocycles. The average Bonchev–Trinajstić information content (AvgIpc) is 2.65. The van der Waals surface area contributed by atoms with Crippen LogP contribution < -0.4 is 15.8 Å². The largest absolute Gasteiger partial charge is 0.495 e. The molecule has 3 rings (SSSR count). The zero-order valence-electron chi connectivity index (χ0n) is 13.9. The first-order chi connectivity index (χ1) is 12.1. The van der Waals surface area contributed by atoms with Crippen LogP contribution in [0.25, 0.3) is 21.9 Å². The van der Waals surface area contributed by atoms with Crippen LogP contribution in [0.4, 0.5) is 11.5 Å². The van der Waals surface area contributed by atoms with E-state index in [1.165, 1.54) is 0 Å². The molecule has 0 spiro atoms. The van der Waals surface area contributed by atoms with Crippen molar-refractivity contribution in [2.24, 2.45) is 0 Å². The highest BCUT2D eigenvalue weighted by atomic mass is 16.5. The Hall–Kier alpha value is -3.52. The van der Waals surface area contributed by atoms with Crippen molar-refractivity contribution in [1.29, 1.82) is 5.26 Å². The Kier molecular flexibility index (Phi) is 4.53. The Morgan fingerprint density at radius 2 is 2.04 bits per heavy atom. The van der Waals surface area contributed by atoms with Gasteiger partial charge >= 0.3 is 0 Å². The molecule has 0 radical (unpaired) electrons. The van der Waals surface area contributed by atoms with Crippen LogP contribution in [0.1, 0.15) is 0 Å². The monoisotopic (exact) mass is 330 g/mol. The molecule has 3 aromatic rings. The van der Waals surface area contributed by atoms with Crippen molar-refractivity contribution < 1.29 is 4.74 Å². The molecule has 5 nitrogen and oxygen atoms in total. The summed E-state index contributed by atoms with van der Waals surface area (Å²) in [4.78, 5) is 4.14. The predicted octanol–water partition coefficient (Wildman–Crippen LogP) is 3.98. The van der Waals surface area contributed by atoms with Crippen LogP contribution in [0.5, 0.6) is 5.75 Å². The normalized spacial score (nSPS) is 10.2. The van der Waals surface area contributed by atoms with Gasteiger partial charge in [0.15, 0.2) is 0 Å². The molecule has 0 saturated carbocycles. The predicted molar refractivity (Wildman–Crippen MR) is 101 cm³/mol. The Balaban J connectivity index is 2.05. The number of anilines is 2. The summed E-state index contributed by atoms with van der Waals surface area (Å²) in [5, 5.41) is 14.2. The van der Waals surface area contributed by atoms with Crippen molar-refractivity contribution in [3.63, 3.8) is 0 Å². The Morgan fingerprint density at radius 3 is 2.72 bits per heavy atom. The van der Waals surface area contributed by atoms with E-state index in [-0.39, 0.29) is 0 Å². The number of benzene rings is 2. The Labute approximate surface area is 146 Å². The smallest absolute Gasteiger partial charge is 0.142 e. The van der Waals surface area contributed by atoms with Crippen LogP contribution in [-0.4, -0.2) is 18.6 Å². The lowest BCUT2D eigenvalue weighted by molar-refractivity contribution is 0.417.